The second kappa shape index (κ2) is 11.2. The highest BCUT2D eigenvalue weighted by Crippen LogP contribution is 2.30. The number of ether oxygens (including phenoxy) is 1. The predicted octanol–water partition coefficient (Wildman–Crippen LogP) is 4.74. The topological polar surface area (TPSA) is 98.0 Å². The fraction of sp³-hybridized carbons (Fsp3) is 0.160. The highest BCUT2D eigenvalue weighted by Gasteiger charge is 2.22. The van der Waals surface area contributed by atoms with Crippen LogP contribution in [0.3, 0.4) is 0 Å². The second-order valence-electron chi connectivity index (χ2n) is 7.97. The van der Waals surface area contributed by atoms with Gasteiger partial charge in [0.2, 0.25) is 10.0 Å². The van der Waals surface area contributed by atoms with Gasteiger partial charge >= 0.3 is 5.97 Å². The average molecular weight is 578 g/mol. The molecular weight excluding hydrogens is 557 g/mol. The van der Waals surface area contributed by atoms with Gasteiger partial charge in [0.05, 0.1) is 27.2 Å². The molecule has 0 aliphatic rings. The first-order valence-corrected chi connectivity index (χ1v) is 13.9. The van der Waals surface area contributed by atoms with Crippen LogP contribution in [0.25, 0.3) is 10.2 Å². The number of methoxy groups -OCH3 is 1. The Bertz CT molecular complexity index is 1650. The number of fused-ring (bicyclic) bond motifs is 1. The van der Waals surface area contributed by atoms with Gasteiger partial charge in [-0.15, -0.1) is 0 Å². The Balaban J connectivity index is 1.65. The van der Waals surface area contributed by atoms with Crippen molar-refractivity contribution in [3.05, 3.63) is 92.7 Å². The highest BCUT2D eigenvalue weighted by atomic mass is 35.5. The lowest BCUT2D eigenvalue weighted by Crippen LogP contribution is -2.26. The molecule has 192 valence electrons. The summed E-state index contributed by atoms with van der Waals surface area (Å²) >= 11 is 13.6. The molecule has 0 aliphatic heterocycles. The van der Waals surface area contributed by atoms with Crippen LogP contribution in [0, 0.1) is 0 Å². The lowest BCUT2D eigenvalue weighted by molar-refractivity contribution is -0.141. The SMILES string of the molecule is COC(=O)Cn1c(=NC(=O)c2ccc(S(=O)(=O)N(C)Cc3ccccc3)cc2)sc2cc(Cl)cc(Cl)c21. The number of esters is 1. The number of carbonyl (C=O) groups is 2. The molecule has 0 fully saturated rings. The molecule has 8 nitrogen and oxygen atoms in total. The lowest BCUT2D eigenvalue weighted by atomic mass is 10.2. The molecule has 37 heavy (non-hydrogen) atoms. The van der Waals surface area contributed by atoms with Crippen LogP contribution in [0.2, 0.25) is 10.0 Å². The molecule has 0 saturated heterocycles. The number of thiazole rings is 1. The smallest absolute Gasteiger partial charge is 0.325 e. The Morgan fingerprint density at radius 1 is 1.05 bits per heavy atom. The fourth-order valence-corrected chi connectivity index (χ4v) is 6.55. The van der Waals surface area contributed by atoms with E-state index in [0.717, 1.165) is 16.9 Å². The normalized spacial score (nSPS) is 12.3. The van der Waals surface area contributed by atoms with Crippen molar-refractivity contribution in [3.8, 4) is 0 Å². The molecule has 0 aliphatic carbocycles. The molecule has 0 N–H and O–H groups in total. The van der Waals surface area contributed by atoms with Crippen LogP contribution < -0.4 is 4.80 Å². The number of aromatic nitrogens is 1. The van der Waals surface area contributed by atoms with Gasteiger partial charge in [0.25, 0.3) is 5.91 Å². The number of amides is 1. The van der Waals surface area contributed by atoms with Crippen molar-refractivity contribution in [1.82, 2.24) is 8.87 Å². The minimum Gasteiger partial charge on any atom is -0.468 e. The van der Waals surface area contributed by atoms with E-state index in [1.54, 1.807) is 6.07 Å². The fourth-order valence-electron chi connectivity index (χ4n) is 3.58. The first-order chi connectivity index (χ1) is 17.6. The molecule has 1 amide bonds. The van der Waals surface area contributed by atoms with Gasteiger partial charge in [0.15, 0.2) is 4.80 Å². The van der Waals surface area contributed by atoms with Crippen LogP contribution in [-0.2, 0) is 32.6 Å². The summed E-state index contributed by atoms with van der Waals surface area (Å²) in [4.78, 5) is 29.4. The van der Waals surface area contributed by atoms with E-state index in [-0.39, 0.29) is 28.3 Å². The Labute approximate surface area is 227 Å². The average Bonchev–Trinajstić information content (AvgIpc) is 3.20. The summed E-state index contributed by atoms with van der Waals surface area (Å²) < 4.78 is 34.1. The molecular formula is C25H21Cl2N3O5S2. The van der Waals surface area contributed by atoms with Gasteiger partial charge in [-0.05, 0) is 42.0 Å². The molecule has 0 radical (unpaired) electrons. The number of nitrogens with zero attached hydrogens (tertiary/aromatic N) is 3. The maximum Gasteiger partial charge on any atom is 0.325 e. The maximum atomic E-state index is 13.0. The van der Waals surface area contributed by atoms with Gasteiger partial charge in [-0.1, -0.05) is 64.9 Å². The Kier molecular flexibility index (Phi) is 8.15. The zero-order chi connectivity index (χ0) is 26.7. The largest absolute Gasteiger partial charge is 0.468 e. The summed E-state index contributed by atoms with van der Waals surface area (Å²) in [7, 11) is -1.03. The minimum absolute atomic E-state index is 0.0477. The number of halogens is 2. The van der Waals surface area contributed by atoms with Gasteiger partial charge in [-0.25, -0.2) is 8.42 Å². The molecule has 4 aromatic rings. The summed E-state index contributed by atoms with van der Waals surface area (Å²) in [5.74, 6) is -1.16. The monoisotopic (exact) mass is 577 g/mol. The van der Waals surface area contributed by atoms with Gasteiger partial charge in [0.1, 0.15) is 6.54 Å². The van der Waals surface area contributed by atoms with Crippen LogP contribution in [-0.4, -0.2) is 43.3 Å². The number of hydrogen-bond donors (Lipinski definition) is 0. The summed E-state index contributed by atoms with van der Waals surface area (Å²) in [5.41, 5.74) is 1.52. The van der Waals surface area contributed by atoms with Gasteiger partial charge in [-0.3, -0.25) is 9.59 Å². The first kappa shape index (κ1) is 27.0. The van der Waals surface area contributed by atoms with Crippen molar-refractivity contribution in [1.29, 1.82) is 0 Å². The number of rotatable bonds is 7. The predicted molar refractivity (Wildman–Crippen MR) is 143 cm³/mol. The lowest BCUT2D eigenvalue weighted by Gasteiger charge is -2.17. The zero-order valence-electron chi connectivity index (χ0n) is 19.7. The number of hydrogen-bond acceptors (Lipinski definition) is 6. The zero-order valence-corrected chi connectivity index (χ0v) is 22.9. The van der Waals surface area contributed by atoms with Crippen LogP contribution in [0.5, 0.6) is 0 Å². The molecule has 0 unspecified atom stereocenters. The molecule has 12 heteroatoms. The van der Waals surface area contributed by atoms with E-state index >= 15 is 0 Å². The van der Waals surface area contributed by atoms with Crippen LogP contribution >= 0.6 is 34.5 Å². The summed E-state index contributed by atoms with van der Waals surface area (Å²) in [6, 6.07) is 18.0. The van der Waals surface area contributed by atoms with E-state index in [1.807, 2.05) is 30.3 Å². The molecule has 1 aromatic heterocycles. The van der Waals surface area contributed by atoms with Crippen LogP contribution in [0.1, 0.15) is 15.9 Å². The summed E-state index contributed by atoms with van der Waals surface area (Å²) in [5, 5.41) is 0.696. The van der Waals surface area contributed by atoms with Crippen molar-refractivity contribution in [2.75, 3.05) is 14.2 Å². The van der Waals surface area contributed by atoms with Crippen molar-refractivity contribution in [3.63, 3.8) is 0 Å². The number of benzene rings is 3. The molecule has 0 spiro atoms. The molecule has 4 rings (SSSR count). The third-order valence-corrected chi connectivity index (χ3v) is 8.81. The molecule has 0 atom stereocenters. The van der Waals surface area contributed by atoms with Crippen molar-refractivity contribution in [2.24, 2.45) is 4.99 Å². The van der Waals surface area contributed by atoms with E-state index in [9.17, 15) is 18.0 Å². The third kappa shape index (κ3) is 5.94. The third-order valence-electron chi connectivity index (χ3n) is 5.46. The van der Waals surface area contributed by atoms with Crippen LogP contribution in [0.15, 0.2) is 76.6 Å². The van der Waals surface area contributed by atoms with Gasteiger partial charge in [0, 0.05) is 24.2 Å². The van der Waals surface area contributed by atoms with Crippen molar-refractivity contribution >= 4 is 66.7 Å². The minimum atomic E-state index is -3.78. The second-order valence-corrected chi connectivity index (χ2v) is 11.9. The number of sulfonamides is 1. The van der Waals surface area contributed by atoms with E-state index in [0.29, 0.717) is 20.3 Å². The molecule has 1 heterocycles. The summed E-state index contributed by atoms with van der Waals surface area (Å²) in [6.45, 7) is -0.00715. The van der Waals surface area contributed by atoms with Crippen LogP contribution in [0.4, 0.5) is 0 Å². The van der Waals surface area contributed by atoms with Crippen molar-refractivity contribution < 1.29 is 22.7 Å². The maximum absolute atomic E-state index is 13.0. The van der Waals surface area contributed by atoms with Gasteiger partial charge < -0.3 is 9.30 Å². The summed E-state index contributed by atoms with van der Waals surface area (Å²) in [6.07, 6.45) is 0. The van der Waals surface area contributed by atoms with Gasteiger partial charge in [-0.2, -0.15) is 9.30 Å². The Morgan fingerprint density at radius 3 is 2.38 bits per heavy atom. The number of carbonyl (C=O) groups excluding carboxylic acids is 2. The molecule has 0 saturated carbocycles. The Morgan fingerprint density at radius 2 is 1.73 bits per heavy atom. The van der Waals surface area contributed by atoms with Crippen molar-refractivity contribution in [2.45, 2.75) is 18.0 Å². The first-order valence-electron chi connectivity index (χ1n) is 10.8. The van der Waals surface area contributed by atoms with E-state index in [4.69, 9.17) is 27.9 Å². The molecule has 0 bridgehead atoms. The quantitative estimate of drug-likeness (QED) is 0.295. The van der Waals surface area contributed by atoms with E-state index < -0.39 is 21.9 Å². The van der Waals surface area contributed by atoms with E-state index in [1.165, 1.54) is 53.4 Å². The molecule has 3 aromatic carbocycles. The highest BCUT2D eigenvalue weighted by molar-refractivity contribution is 7.89. The Hall–Kier alpha value is -3.02. The van der Waals surface area contributed by atoms with E-state index in [2.05, 4.69) is 4.99 Å². The standard InChI is InChI=1S/C25H21Cl2N3O5S2/c1-29(14-16-6-4-3-5-7-16)37(33,34)19-10-8-17(9-11-19)24(32)28-25-30(15-22(31)35-2)23-20(27)12-18(26)13-21(23)36-25/h3-13H,14-15H2,1-2H3.